The van der Waals surface area contributed by atoms with Gasteiger partial charge in [-0.25, -0.2) is 0 Å². The van der Waals surface area contributed by atoms with E-state index >= 15 is 0 Å². The summed E-state index contributed by atoms with van der Waals surface area (Å²) in [6, 6.07) is 5.77. The number of halogens is 1. The molecule has 0 radical (unpaired) electrons. The van der Waals surface area contributed by atoms with Gasteiger partial charge in [0.2, 0.25) is 0 Å². The third kappa shape index (κ3) is 2.05. The lowest BCUT2D eigenvalue weighted by Crippen LogP contribution is -1.93. The maximum atomic E-state index is 10.9. The number of ketones is 1. The monoisotopic (exact) mass is 221 g/mol. The first-order chi connectivity index (χ1) is 7.18. The fraction of sp³-hybridized carbons (Fsp3) is 0.250. The van der Waals surface area contributed by atoms with Crippen LogP contribution in [0, 0.1) is 0 Å². The number of H-pyrrole nitrogens is 1. The van der Waals surface area contributed by atoms with Gasteiger partial charge in [0.25, 0.3) is 0 Å². The quantitative estimate of drug-likeness (QED) is 0.847. The first kappa shape index (κ1) is 10.2. The lowest BCUT2D eigenvalue weighted by atomic mass is 10.1. The van der Waals surface area contributed by atoms with Crippen molar-refractivity contribution in [2.45, 2.75) is 19.8 Å². The van der Waals surface area contributed by atoms with Crippen molar-refractivity contribution >= 4 is 28.3 Å². The maximum Gasteiger partial charge on any atom is 0.130 e. The van der Waals surface area contributed by atoms with E-state index in [1.54, 1.807) is 6.92 Å². The molecule has 0 amide bonds. The van der Waals surface area contributed by atoms with Crippen LogP contribution in [0.1, 0.15) is 18.9 Å². The van der Waals surface area contributed by atoms with Crippen molar-refractivity contribution in [2.24, 2.45) is 0 Å². The highest BCUT2D eigenvalue weighted by atomic mass is 35.5. The van der Waals surface area contributed by atoms with Crippen LogP contribution in [-0.2, 0) is 11.2 Å². The Labute approximate surface area is 93.2 Å². The lowest BCUT2D eigenvalue weighted by Gasteiger charge is -1.98. The minimum Gasteiger partial charge on any atom is -0.361 e. The van der Waals surface area contributed by atoms with Crippen LogP contribution in [0.5, 0.6) is 0 Å². The zero-order chi connectivity index (χ0) is 10.8. The number of rotatable bonds is 3. The zero-order valence-corrected chi connectivity index (χ0v) is 9.27. The molecule has 0 saturated carbocycles. The highest BCUT2D eigenvalue weighted by Crippen LogP contribution is 2.27. The largest absolute Gasteiger partial charge is 0.361 e. The molecule has 1 heterocycles. The van der Waals surface area contributed by atoms with E-state index in [4.69, 9.17) is 11.6 Å². The Kier molecular flexibility index (Phi) is 2.78. The molecule has 2 aromatic rings. The summed E-state index contributed by atoms with van der Waals surface area (Å²) < 4.78 is 0. The van der Waals surface area contributed by atoms with E-state index in [2.05, 4.69) is 4.98 Å². The van der Waals surface area contributed by atoms with E-state index in [9.17, 15) is 4.79 Å². The summed E-state index contributed by atoms with van der Waals surface area (Å²) in [5.74, 6) is 0.205. The molecule has 1 aromatic carbocycles. The van der Waals surface area contributed by atoms with Crippen LogP contribution in [0.25, 0.3) is 10.9 Å². The van der Waals surface area contributed by atoms with Gasteiger partial charge in [0.15, 0.2) is 0 Å². The summed E-state index contributed by atoms with van der Waals surface area (Å²) in [4.78, 5) is 14.1. The van der Waals surface area contributed by atoms with Crippen LogP contribution in [0.15, 0.2) is 24.4 Å². The van der Waals surface area contributed by atoms with Gasteiger partial charge in [-0.15, -0.1) is 0 Å². The third-order valence-corrected chi connectivity index (χ3v) is 2.80. The number of benzene rings is 1. The Bertz CT molecular complexity index is 501. The number of aryl methyl sites for hydroxylation is 1. The van der Waals surface area contributed by atoms with E-state index in [0.29, 0.717) is 6.42 Å². The Hall–Kier alpha value is -1.28. The number of carbonyl (C=O) groups excluding carboxylic acids is 1. The summed E-state index contributed by atoms with van der Waals surface area (Å²) in [6.07, 6.45) is 3.25. The molecular formula is C12H12ClNO. The van der Waals surface area contributed by atoms with Gasteiger partial charge < -0.3 is 9.78 Å². The van der Waals surface area contributed by atoms with Crippen LogP contribution in [0.2, 0.25) is 5.02 Å². The summed E-state index contributed by atoms with van der Waals surface area (Å²) in [5, 5.41) is 1.78. The van der Waals surface area contributed by atoms with E-state index in [1.807, 2.05) is 24.4 Å². The number of carbonyl (C=O) groups is 1. The summed E-state index contributed by atoms with van der Waals surface area (Å²) in [5.41, 5.74) is 2.15. The first-order valence-electron chi connectivity index (χ1n) is 4.92. The molecule has 0 unspecified atom stereocenters. The minimum absolute atomic E-state index is 0.205. The van der Waals surface area contributed by atoms with Gasteiger partial charge in [-0.05, 0) is 31.0 Å². The second-order valence-electron chi connectivity index (χ2n) is 3.68. The molecule has 3 heteroatoms. The molecule has 0 fully saturated rings. The molecule has 0 saturated heterocycles. The van der Waals surface area contributed by atoms with Gasteiger partial charge >= 0.3 is 0 Å². The molecular weight excluding hydrogens is 210 g/mol. The van der Waals surface area contributed by atoms with Crippen molar-refractivity contribution in [1.29, 1.82) is 0 Å². The average molecular weight is 222 g/mol. The van der Waals surface area contributed by atoms with Gasteiger partial charge in [0.1, 0.15) is 5.78 Å². The third-order valence-electron chi connectivity index (χ3n) is 2.48. The Morgan fingerprint density at radius 1 is 1.47 bits per heavy atom. The second kappa shape index (κ2) is 4.07. The molecule has 0 aliphatic heterocycles. The van der Waals surface area contributed by atoms with Gasteiger partial charge in [0, 0.05) is 23.5 Å². The summed E-state index contributed by atoms with van der Waals surface area (Å²) in [7, 11) is 0. The highest BCUT2D eigenvalue weighted by molar-refractivity contribution is 6.35. The summed E-state index contributed by atoms with van der Waals surface area (Å²) >= 11 is 6.11. The van der Waals surface area contributed by atoms with Gasteiger partial charge in [0.05, 0.1) is 5.02 Å². The number of fused-ring (bicyclic) bond motifs is 1. The van der Waals surface area contributed by atoms with Gasteiger partial charge in [-0.3, -0.25) is 0 Å². The van der Waals surface area contributed by atoms with Crippen molar-refractivity contribution < 1.29 is 4.79 Å². The molecule has 0 aliphatic carbocycles. The number of nitrogens with one attached hydrogen (secondary N) is 1. The zero-order valence-electron chi connectivity index (χ0n) is 8.51. The number of aromatic amines is 1. The van der Waals surface area contributed by atoms with Crippen LogP contribution >= 0.6 is 11.6 Å². The topological polar surface area (TPSA) is 32.9 Å². The fourth-order valence-electron chi connectivity index (χ4n) is 1.72. The Balaban J connectivity index is 2.39. The first-order valence-corrected chi connectivity index (χ1v) is 5.30. The molecule has 1 N–H and O–H groups in total. The second-order valence-corrected chi connectivity index (χ2v) is 4.09. The van der Waals surface area contributed by atoms with E-state index in [1.165, 1.54) is 0 Å². The molecule has 2 nitrogen and oxygen atoms in total. The molecule has 78 valence electrons. The molecule has 2 rings (SSSR count). The molecule has 0 atom stereocenters. The van der Waals surface area contributed by atoms with Crippen LogP contribution in [-0.4, -0.2) is 10.8 Å². The van der Waals surface area contributed by atoms with E-state index in [-0.39, 0.29) is 5.78 Å². The fourth-order valence-corrected chi connectivity index (χ4v) is 2.01. The standard InChI is InChI=1S/C12H12ClNO/c1-8(15)5-6-9-7-14-11-4-2-3-10(13)12(9)11/h2-4,7,14H,5-6H2,1H3. The van der Waals surface area contributed by atoms with Crippen molar-refractivity contribution in [2.75, 3.05) is 0 Å². The number of Topliss-reactive ketones (excluding diaryl/α,β-unsaturated/α-hetero) is 1. The van der Waals surface area contributed by atoms with Gasteiger partial charge in [-0.2, -0.15) is 0 Å². The predicted molar refractivity (Wildman–Crippen MR) is 62.3 cm³/mol. The van der Waals surface area contributed by atoms with Gasteiger partial charge in [-0.1, -0.05) is 17.7 Å². The molecule has 0 spiro atoms. The number of aromatic nitrogens is 1. The number of hydrogen-bond donors (Lipinski definition) is 1. The van der Waals surface area contributed by atoms with Crippen molar-refractivity contribution in [3.05, 3.63) is 35.0 Å². The smallest absolute Gasteiger partial charge is 0.130 e. The van der Waals surface area contributed by atoms with E-state index < -0.39 is 0 Å². The normalized spacial score (nSPS) is 10.8. The van der Waals surface area contributed by atoms with Crippen LogP contribution in [0.4, 0.5) is 0 Å². The predicted octanol–water partition coefficient (Wildman–Crippen LogP) is 3.34. The average Bonchev–Trinajstić information content (AvgIpc) is 2.59. The lowest BCUT2D eigenvalue weighted by molar-refractivity contribution is -0.116. The molecule has 0 aliphatic rings. The Morgan fingerprint density at radius 2 is 2.27 bits per heavy atom. The molecule has 1 aromatic heterocycles. The minimum atomic E-state index is 0.205. The summed E-state index contributed by atoms with van der Waals surface area (Å²) in [6.45, 7) is 1.61. The maximum absolute atomic E-state index is 10.9. The van der Waals surface area contributed by atoms with E-state index in [0.717, 1.165) is 27.9 Å². The van der Waals surface area contributed by atoms with Crippen LogP contribution < -0.4 is 0 Å². The number of hydrogen-bond acceptors (Lipinski definition) is 1. The highest BCUT2D eigenvalue weighted by Gasteiger charge is 2.07. The van der Waals surface area contributed by atoms with Crippen molar-refractivity contribution in [1.82, 2.24) is 4.98 Å². The molecule has 15 heavy (non-hydrogen) atoms. The molecule has 0 bridgehead atoms. The Morgan fingerprint density at radius 3 is 3.00 bits per heavy atom. The van der Waals surface area contributed by atoms with Crippen molar-refractivity contribution in [3.8, 4) is 0 Å². The van der Waals surface area contributed by atoms with Crippen molar-refractivity contribution in [3.63, 3.8) is 0 Å². The SMILES string of the molecule is CC(=O)CCc1c[nH]c2cccc(Cl)c12. The van der Waals surface area contributed by atoms with Crippen LogP contribution in [0.3, 0.4) is 0 Å².